The van der Waals surface area contributed by atoms with Gasteiger partial charge in [0.25, 0.3) is 0 Å². The second kappa shape index (κ2) is 5.78. The minimum atomic E-state index is -0.310. The molecule has 0 bridgehead atoms. The summed E-state index contributed by atoms with van der Waals surface area (Å²) < 4.78 is 13.1. The highest BCUT2D eigenvalue weighted by molar-refractivity contribution is 5.89. The first kappa shape index (κ1) is 13.4. The van der Waals surface area contributed by atoms with Crippen LogP contribution in [0.25, 0.3) is 0 Å². The molecule has 0 saturated heterocycles. The number of carbonyl (C=O) groups is 1. The summed E-state index contributed by atoms with van der Waals surface area (Å²) in [6, 6.07) is 9.69. The van der Waals surface area contributed by atoms with Crippen LogP contribution < -0.4 is 16.0 Å². The van der Waals surface area contributed by atoms with Crippen LogP contribution in [0.5, 0.6) is 0 Å². The lowest BCUT2D eigenvalue weighted by Gasteiger charge is -2.08. The average molecular weight is 286 g/mol. The summed E-state index contributed by atoms with van der Waals surface area (Å²) in [7, 11) is 0. The number of nitrogens with one attached hydrogen (secondary N) is 3. The summed E-state index contributed by atoms with van der Waals surface area (Å²) >= 11 is 0. The Labute approximate surface area is 121 Å². The molecule has 0 spiro atoms. The zero-order valence-electron chi connectivity index (χ0n) is 11.3. The van der Waals surface area contributed by atoms with Crippen LogP contribution >= 0.6 is 0 Å². The van der Waals surface area contributed by atoms with Crippen LogP contribution in [0.15, 0.2) is 42.6 Å². The third-order valence-electron chi connectivity index (χ3n) is 3.03. The summed E-state index contributed by atoms with van der Waals surface area (Å²) in [5.41, 5.74) is 1.23. The van der Waals surface area contributed by atoms with Crippen molar-refractivity contribution in [2.45, 2.75) is 18.9 Å². The van der Waals surface area contributed by atoms with Gasteiger partial charge in [-0.15, -0.1) is 0 Å². The Kier molecular flexibility index (Phi) is 3.68. The van der Waals surface area contributed by atoms with Gasteiger partial charge in [0.05, 0.1) is 11.9 Å². The van der Waals surface area contributed by atoms with Gasteiger partial charge in [-0.2, -0.15) is 0 Å². The number of benzene rings is 1. The Morgan fingerprint density at radius 3 is 2.71 bits per heavy atom. The quantitative estimate of drug-likeness (QED) is 0.808. The number of rotatable bonds is 4. The van der Waals surface area contributed by atoms with E-state index in [0.717, 1.165) is 12.8 Å². The molecular formula is C15H15FN4O. The van der Waals surface area contributed by atoms with E-state index in [0.29, 0.717) is 23.2 Å². The molecule has 1 fully saturated rings. The fraction of sp³-hybridized carbons (Fsp3) is 0.200. The number of pyridine rings is 1. The van der Waals surface area contributed by atoms with E-state index in [1.165, 1.54) is 12.1 Å². The van der Waals surface area contributed by atoms with E-state index in [-0.39, 0.29) is 11.8 Å². The van der Waals surface area contributed by atoms with Crippen molar-refractivity contribution in [3.05, 3.63) is 48.4 Å². The number of hydrogen-bond donors (Lipinski definition) is 3. The van der Waals surface area contributed by atoms with Crippen molar-refractivity contribution >= 4 is 23.2 Å². The molecule has 3 N–H and O–H groups in total. The van der Waals surface area contributed by atoms with Gasteiger partial charge in [0.15, 0.2) is 0 Å². The van der Waals surface area contributed by atoms with E-state index in [9.17, 15) is 9.18 Å². The van der Waals surface area contributed by atoms with Gasteiger partial charge in [-0.05, 0) is 43.2 Å². The number of amides is 2. The van der Waals surface area contributed by atoms with Crippen molar-refractivity contribution < 1.29 is 9.18 Å². The Morgan fingerprint density at radius 2 is 2.05 bits per heavy atom. The van der Waals surface area contributed by atoms with Crippen LogP contribution in [-0.4, -0.2) is 17.1 Å². The predicted octanol–water partition coefficient (Wildman–Crippen LogP) is 3.25. The topological polar surface area (TPSA) is 66.0 Å². The summed E-state index contributed by atoms with van der Waals surface area (Å²) in [6.45, 7) is 0. The molecule has 0 aliphatic heterocycles. The molecular weight excluding hydrogens is 271 g/mol. The van der Waals surface area contributed by atoms with Gasteiger partial charge in [-0.1, -0.05) is 6.07 Å². The minimum Gasteiger partial charge on any atom is -0.340 e. The molecule has 2 aromatic rings. The molecule has 1 aromatic heterocycles. The molecule has 1 aliphatic carbocycles. The number of halogens is 1. The van der Waals surface area contributed by atoms with E-state index >= 15 is 0 Å². The number of anilines is 3. The second-order valence-electron chi connectivity index (χ2n) is 4.94. The Hall–Kier alpha value is -2.63. The lowest BCUT2D eigenvalue weighted by Crippen LogP contribution is -2.30. The fourth-order valence-corrected chi connectivity index (χ4v) is 1.84. The minimum absolute atomic E-state index is 0.217. The maximum Gasteiger partial charge on any atom is 0.319 e. The van der Waals surface area contributed by atoms with Gasteiger partial charge in [0.1, 0.15) is 11.6 Å². The lowest BCUT2D eigenvalue weighted by molar-refractivity contribution is 0.251. The van der Waals surface area contributed by atoms with Crippen LogP contribution in [0.4, 0.5) is 26.4 Å². The summed E-state index contributed by atoms with van der Waals surface area (Å²) in [4.78, 5) is 15.7. The van der Waals surface area contributed by atoms with Gasteiger partial charge in [0.2, 0.25) is 0 Å². The van der Waals surface area contributed by atoms with Gasteiger partial charge < -0.3 is 16.0 Å². The summed E-state index contributed by atoms with van der Waals surface area (Å²) in [5, 5.41) is 8.53. The van der Waals surface area contributed by atoms with Crippen molar-refractivity contribution in [2.24, 2.45) is 0 Å². The van der Waals surface area contributed by atoms with Crippen molar-refractivity contribution in [2.75, 3.05) is 10.6 Å². The molecule has 2 amide bonds. The van der Waals surface area contributed by atoms with E-state index in [1.54, 1.807) is 30.5 Å². The number of carbonyl (C=O) groups excluding carboxylic acids is 1. The average Bonchev–Trinajstić information content (AvgIpc) is 3.25. The molecule has 21 heavy (non-hydrogen) atoms. The fourth-order valence-electron chi connectivity index (χ4n) is 1.84. The SMILES string of the molecule is O=C(Nc1ccc(Nc2cccc(F)c2)nc1)NC1CC1. The highest BCUT2D eigenvalue weighted by atomic mass is 19.1. The number of aromatic nitrogens is 1. The summed E-state index contributed by atoms with van der Waals surface area (Å²) in [6.07, 6.45) is 3.64. The van der Waals surface area contributed by atoms with Gasteiger partial charge >= 0.3 is 6.03 Å². The molecule has 108 valence electrons. The number of nitrogens with zero attached hydrogens (tertiary/aromatic N) is 1. The Morgan fingerprint density at radius 1 is 1.19 bits per heavy atom. The standard InChI is InChI=1S/C15H15FN4O/c16-10-2-1-3-12(8-10)18-14-7-6-13(9-17-14)20-15(21)19-11-4-5-11/h1-3,6-9,11H,4-5H2,(H,17,18)(H2,19,20,21). The largest absolute Gasteiger partial charge is 0.340 e. The monoisotopic (exact) mass is 286 g/mol. The third-order valence-corrected chi connectivity index (χ3v) is 3.03. The van der Waals surface area contributed by atoms with Gasteiger partial charge in [-0.3, -0.25) is 0 Å². The molecule has 0 unspecified atom stereocenters. The molecule has 5 nitrogen and oxygen atoms in total. The number of urea groups is 1. The lowest BCUT2D eigenvalue weighted by atomic mass is 10.3. The van der Waals surface area contributed by atoms with Crippen molar-refractivity contribution in [3.8, 4) is 0 Å². The number of hydrogen-bond acceptors (Lipinski definition) is 3. The van der Waals surface area contributed by atoms with E-state index in [4.69, 9.17) is 0 Å². The first-order valence-electron chi connectivity index (χ1n) is 6.75. The highest BCUT2D eigenvalue weighted by Gasteiger charge is 2.23. The van der Waals surface area contributed by atoms with Crippen LogP contribution in [0.3, 0.4) is 0 Å². The normalized spacial score (nSPS) is 13.6. The molecule has 1 saturated carbocycles. The Bertz CT molecular complexity index is 640. The second-order valence-corrected chi connectivity index (χ2v) is 4.94. The zero-order valence-corrected chi connectivity index (χ0v) is 11.3. The van der Waals surface area contributed by atoms with Crippen LogP contribution in [-0.2, 0) is 0 Å². The smallest absolute Gasteiger partial charge is 0.319 e. The van der Waals surface area contributed by atoms with E-state index in [1.807, 2.05) is 0 Å². The molecule has 0 radical (unpaired) electrons. The maximum absolute atomic E-state index is 13.1. The molecule has 3 rings (SSSR count). The van der Waals surface area contributed by atoms with Crippen LogP contribution in [0, 0.1) is 5.82 Å². The molecule has 0 atom stereocenters. The highest BCUT2D eigenvalue weighted by Crippen LogP contribution is 2.19. The van der Waals surface area contributed by atoms with Gasteiger partial charge in [0, 0.05) is 11.7 Å². The first-order valence-corrected chi connectivity index (χ1v) is 6.75. The molecule has 1 aromatic carbocycles. The Balaban J connectivity index is 1.59. The van der Waals surface area contributed by atoms with Crippen LogP contribution in [0.1, 0.15) is 12.8 Å². The van der Waals surface area contributed by atoms with E-state index in [2.05, 4.69) is 20.9 Å². The van der Waals surface area contributed by atoms with Gasteiger partial charge in [-0.25, -0.2) is 14.2 Å². The first-order chi connectivity index (χ1) is 10.2. The van der Waals surface area contributed by atoms with E-state index < -0.39 is 0 Å². The van der Waals surface area contributed by atoms with Crippen LogP contribution in [0.2, 0.25) is 0 Å². The van der Waals surface area contributed by atoms with Crippen molar-refractivity contribution in [1.29, 1.82) is 0 Å². The van der Waals surface area contributed by atoms with Crippen molar-refractivity contribution in [3.63, 3.8) is 0 Å². The zero-order chi connectivity index (χ0) is 14.7. The maximum atomic E-state index is 13.1. The molecule has 6 heteroatoms. The molecule has 1 heterocycles. The third kappa shape index (κ3) is 3.92. The summed E-state index contributed by atoms with van der Waals surface area (Å²) in [5.74, 6) is 0.267. The predicted molar refractivity (Wildman–Crippen MR) is 79.1 cm³/mol. The van der Waals surface area contributed by atoms with Crippen molar-refractivity contribution in [1.82, 2.24) is 10.3 Å². The molecule has 1 aliphatic rings.